The molecule has 1 aromatic heterocycles. The molecule has 0 saturated carbocycles. The Morgan fingerprint density at radius 2 is 1.88 bits per heavy atom. The number of nitrogens with one attached hydrogen (secondary N) is 1. The smallest absolute Gasteiger partial charge is 0.229 e. The van der Waals surface area contributed by atoms with Gasteiger partial charge in [0.25, 0.3) is 0 Å². The molecule has 0 unspecified atom stereocenters. The molecule has 9 nitrogen and oxygen atoms in total. The van der Waals surface area contributed by atoms with Crippen LogP contribution in [0, 0.1) is 18.8 Å². The molecule has 182 valence electrons. The van der Waals surface area contributed by atoms with E-state index in [1.54, 1.807) is 9.80 Å². The number of aromatic nitrogens is 2. The van der Waals surface area contributed by atoms with E-state index >= 15 is 0 Å². The fraction of sp³-hybridized carbons (Fsp3) is 0.542. The summed E-state index contributed by atoms with van der Waals surface area (Å²) < 4.78 is 5.33. The summed E-state index contributed by atoms with van der Waals surface area (Å²) in [6, 6.07) is 7.78. The van der Waals surface area contributed by atoms with Crippen molar-refractivity contribution in [2.24, 2.45) is 11.8 Å². The fourth-order valence-electron chi connectivity index (χ4n) is 4.38. The van der Waals surface area contributed by atoms with Gasteiger partial charge in [0.1, 0.15) is 5.01 Å². The molecule has 1 N–H and O–H groups in total. The number of amides is 3. The van der Waals surface area contributed by atoms with Crippen molar-refractivity contribution < 1.29 is 19.1 Å². The second-order valence-corrected chi connectivity index (χ2v) is 9.84. The number of carbonyl (C=O) groups excluding carboxylic acids is 3. The molecule has 1 atom stereocenters. The number of likely N-dealkylation sites (tertiary alicyclic amines) is 1. The Hall–Kier alpha value is -2.85. The van der Waals surface area contributed by atoms with Gasteiger partial charge in [0.15, 0.2) is 0 Å². The number of piperidine rings is 1. The van der Waals surface area contributed by atoms with Gasteiger partial charge < -0.3 is 19.9 Å². The minimum atomic E-state index is -0.337. The number of aryl methyl sites for hydroxylation is 1. The molecule has 0 radical (unpaired) electrons. The molecule has 1 aromatic carbocycles. The maximum absolute atomic E-state index is 13.1. The number of carbonyl (C=O) groups is 3. The maximum Gasteiger partial charge on any atom is 0.229 e. The zero-order chi connectivity index (χ0) is 24.1. The number of rotatable bonds is 8. The predicted octanol–water partition coefficient (Wildman–Crippen LogP) is 2.66. The largest absolute Gasteiger partial charge is 0.381 e. The Morgan fingerprint density at radius 1 is 1.15 bits per heavy atom. The molecule has 2 saturated heterocycles. The van der Waals surface area contributed by atoms with Gasteiger partial charge in [0.05, 0.1) is 12.5 Å². The van der Waals surface area contributed by atoms with Gasteiger partial charge in [-0.05, 0) is 38.8 Å². The van der Waals surface area contributed by atoms with Crippen LogP contribution in [0.1, 0.15) is 36.8 Å². The average molecular weight is 486 g/mol. The van der Waals surface area contributed by atoms with Crippen LogP contribution >= 0.6 is 11.3 Å². The quantitative estimate of drug-likeness (QED) is 0.577. The minimum absolute atomic E-state index is 0.00452. The van der Waals surface area contributed by atoms with E-state index in [4.69, 9.17) is 4.74 Å². The highest BCUT2D eigenvalue weighted by molar-refractivity contribution is 7.15. The van der Waals surface area contributed by atoms with Gasteiger partial charge in [-0.1, -0.05) is 29.0 Å². The van der Waals surface area contributed by atoms with Crippen LogP contribution in [-0.4, -0.2) is 65.7 Å². The van der Waals surface area contributed by atoms with Crippen LogP contribution in [0.5, 0.6) is 0 Å². The fourth-order valence-corrected chi connectivity index (χ4v) is 5.11. The second kappa shape index (κ2) is 11.1. The molecule has 4 rings (SSSR count). The number of nitrogens with zero attached hydrogens (tertiary/aromatic N) is 4. The van der Waals surface area contributed by atoms with Gasteiger partial charge in [-0.25, -0.2) is 0 Å². The van der Waals surface area contributed by atoms with Crippen LogP contribution in [0.15, 0.2) is 24.3 Å². The highest BCUT2D eigenvalue weighted by Crippen LogP contribution is 2.28. The summed E-state index contributed by atoms with van der Waals surface area (Å²) in [5.74, 6) is -0.606. The minimum Gasteiger partial charge on any atom is -0.381 e. The zero-order valence-corrected chi connectivity index (χ0v) is 20.5. The number of hydrogen-bond donors (Lipinski definition) is 1. The molecular formula is C24H31N5O4S. The first-order chi connectivity index (χ1) is 16.4. The topological polar surface area (TPSA) is 105 Å². The van der Waals surface area contributed by atoms with Crippen molar-refractivity contribution >= 4 is 39.9 Å². The van der Waals surface area contributed by atoms with E-state index in [0.717, 1.165) is 16.3 Å². The van der Waals surface area contributed by atoms with Crippen molar-refractivity contribution in [2.75, 3.05) is 43.1 Å². The van der Waals surface area contributed by atoms with Crippen molar-refractivity contribution in [3.8, 4) is 0 Å². The molecule has 10 heteroatoms. The van der Waals surface area contributed by atoms with Crippen LogP contribution in [0.3, 0.4) is 0 Å². The molecule has 3 amide bonds. The number of benzene rings is 1. The monoisotopic (exact) mass is 485 g/mol. The molecule has 3 heterocycles. The lowest BCUT2D eigenvalue weighted by atomic mass is 9.94. The lowest BCUT2D eigenvalue weighted by molar-refractivity contribution is -0.138. The average Bonchev–Trinajstić information content (AvgIpc) is 3.45. The SMILES string of the molecule is CCOCCc1nnc(NC(=O)C2CCN(C(=O)[C@H]3CC(=O)N(c4ccc(C)cc4)C3)CC2)s1. The van der Waals surface area contributed by atoms with E-state index in [1.165, 1.54) is 11.3 Å². The Bertz CT molecular complexity index is 1020. The van der Waals surface area contributed by atoms with E-state index in [0.29, 0.717) is 57.2 Å². The van der Waals surface area contributed by atoms with Crippen LogP contribution in [0.25, 0.3) is 0 Å². The second-order valence-electron chi connectivity index (χ2n) is 8.78. The van der Waals surface area contributed by atoms with Gasteiger partial charge >= 0.3 is 0 Å². The maximum atomic E-state index is 13.1. The lowest BCUT2D eigenvalue weighted by Crippen LogP contribution is -2.44. The lowest BCUT2D eigenvalue weighted by Gasteiger charge is -2.32. The third-order valence-corrected chi connectivity index (χ3v) is 7.26. The standard InChI is InChI=1S/C24H31N5O4S/c1-3-33-13-10-20-26-27-24(34-20)25-22(31)17-8-11-28(12-9-17)23(32)18-14-21(30)29(15-18)19-6-4-16(2)5-7-19/h4-7,17-18H,3,8-15H2,1-2H3,(H,25,27,31)/t18-/m0/s1. The van der Waals surface area contributed by atoms with Gasteiger partial charge in [-0.15, -0.1) is 10.2 Å². The normalized spacial score (nSPS) is 19.0. The Labute approximate surface area is 203 Å². The number of hydrogen-bond acceptors (Lipinski definition) is 7. The van der Waals surface area contributed by atoms with Crippen LogP contribution in [-0.2, 0) is 25.5 Å². The van der Waals surface area contributed by atoms with Crippen LogP contribution < -0.4 is 10.2 Å². The molecule has 2 aliphatic heterocycles. The number of ether oxygens (including phenoxy) is 1. The Balaban J connectivity index is 1.25. The molecule has 2 aromatic rings. The Kier molecular flexibility index (Phi) is 7.89. The first kappa shape index (κ1) is 24.3. The summed E-state index contributed by atoms with van der Waals surface area (Å²) in [4.78, 5) is 41.8. The van der Waals surface area contributed by atoms with E-state index in [9.17, 15) is 14.4 Å². The van der Waals surface area contributed by atoms with Crippen molar-refractivity contribution in [2.45, 2.75) is 39.5 Å². The third kappa shape index (κ3) is 5.79. The van der Waals surface area contributed by atoms with Gasteiger partial charge in [0.2, 0.25) is 22.9 Å². The first-order valence-electron chi connectivity index (χ1n) is 11.8. The van der Waals surface area contributed by atoms with E-state index < -0.39 is 0 Å². The summed E-state index contributed by atoms with van der Waals surface area (Å²) in [5, 5.41) is 12.3. The van der Waals surface area contributed by atoms with Crippen molar-refractivity contribution in [3.05, 3.63) is 34.8 Å². The third-order valence-electron chi connectivity index (χ3n) is 6.36. The summed E-state index contributed by atoms with van der Waals surface area (Å²) >= 11 is 1.36. The molecule has 34 heavy (non-hydrogen) atoms. The highest BCUT2D eigenvalue weighted by Gasteiger charge is 2.38. The molecule has 2 fully saturated rings. The number of anilines is 2. The van der Waals surface area contributed by atoms with Crippen LogP contribution in [0.2, 0.25) is 0 Å². The molecule has 0 aliphatic carbocycles. The van der Waals surface area contributed by atoms with E-state index in [2.05, 4.69) is 15.5 Å². The molecular weight excluding hydrogens is 454 g/mol. The first-order valence-corrected chi connectivity index (χ1v) is 12.6. The van der Waals surface area contributed by atoms with Crippen molar-refractivity contribution in [1.29, 1.82) is 0 Å². The van der Waals surface area contributed by atoms with Gasteiger partial charge in [0, 0.05) is 50.7 Å². The van der Waals surface area contributed by atoms with E-state index in [1.807, 2.05) is 38.1 Å². The molecule has 2 aliphatic rings. The van der Waals surface area contributed by atoms with Crippen molar-refractivity contribution in [1.82, 2.24) is 15.1 Å². The summed E-state index contributed by atoms with van der Waals surface area (Å²) in [7, 11) is 0. The Morgan fingerprint density at radius 3 is 2.59 bits per heavy atom. The van der Waals surface area contributed by atoms with E-state index in [-0.39, 0.29) is 36.0 Å². The predicted molar refractivity (Wildman–Crippen MR) is 130 cm³/mol. The highest BCUT2D eigenvalue weighted by atomic mass is 32.1. The van der Waals surface area contributed by atoms with Crippen LogP contribution in [0.4, 0.5) is 10.8 Å². The van der Waals surface area contributed by atoms with Crippen molar-refractivity contribution in [3.63, 3.8) is 0 Å². The summed E-state index contributed by atoms with van der Waals surface area (Å²) in [6.07, 6.45) is 2.09. The zero-order valence-electron chi connectivity index (χ0n) is 19.7. The molecule has 0 bridgehead atoms. The summed E-state index contributed by atoms with van der Waals surface area (Å²) in [6.45, 7) is 6.62. The molecule has 0 spiro atoms. The summed E-state index contributed by atoms with van der Waals surface area (Å²) in [5.41, 5.74) is 1.96. The van der Waals surface area contributed by atoms with Gasteiger partial charge in [-0.2, -0.15) is 0 Å². The van der Waals surface area contributed by atoms with Gasteiger partial charge in [-0.3, -0.25) is 14.4 Å².